The van der Waals surface area contributed by atoms with Crippen LogP contribution in [0.4, 0.5) is 0 Å². The normalized spacial score (nSPS) is 10.2. The van der Waals surface area contributed by atoms with E-state index in [1.54, 1.807) is 33.0 Å². The molecule has 19 heavy (non-hydrogen) atoms. The molecule has 6 heteroatoms. The average molecular weight is 259 g/mol. The van der Waals surface area contributed by atoms with E-state index in [4.69, 9.17) is 14.5 Å². The molecule has 0 aliphatic rings. The Kier molecular flexibility index (Phi) is 3.38. The van der Waals surface area contributed by atoms with Gasteiger partial charge in [0.1, 0.15) is 29.7 Å². The summed E-state index contributed by atoms with van der Waals surface area (Å²) in [6.07, 6.45) is 0. The van der Waals surface area contributed by atoms with Crippen LogP contribution in [-0.2, 0) is 13.7 Å². The molecular weight excluding hydrogens is 246 g/mol. The van der Waals surface area contributed by atoms with Crippen LogP contribution in [0.5, 0.6) is 5.88 Å². The molecule has 2 aromatic heterocycles. The topological polar surface area (TPSA) is 81.0 Å². The Morgan fingerprint density at radius 3 is 2.79 bits per heavy atom. The zero-order valence-electron chi connectivity index (χ0n) is 10.9. The van der Waals surface area contributed by atoms with E-state index < -0.39 is 0 Å². The third-order valence-electron chi connectivity index (χ3n) is 2.74. The van der Waals surface area contributed by atoms with Crippen LogP contribution in [0, 0.1) is 25.2 Å². The third kappa shape index (κ3) is 2.50. The first-order valence-electron chi connectivity index (χ1n) is 5.68. The largest absolute Gasteiger partial charge is 0.472 e. The van der Waals surface area contributed by atoms with Gasteiger partial charge < -0.3 is 9.26 Å². The summed E-state index contributed by atoms with van der Waals surface area (Å²) in [6.45, 7) is 3.70. The van der Waals surface area contributed by atoms with E-state index in [1.807, 2.05) is 6.07 Å². The minimum atomic E-state index is -0.367. The van der Waals surface area contributed by atoms with Gasteiger partial charge >= 0.3 is 0 Å². The van der Waals surface area contributed by atoms with E-state index >= 15 is 0 Å². The summed E-state index contributed by atoms with van der Waals surface area (Å²) in [5, 5.41) is 12.7. The molecule has 0 N–H and O–H groups in total. The highest BCUT2D eigenvalue weighted by molar-refractivity contribution is 5.38. The van der Waals surface area contributed by atoms with Crippen molar-refractivity contribution in [3.8, 4) is 11.9 Å². The molecule has 2 aromatic rings. The van der Waals surface area contributed by atoms with Crippen molar-refractivity contribution in [3.05, 3.63) is 45.1 Å². The minimum absolute atomic E-state index is 0.132. The maximum atomic E-state index is 11.9. The number of ether oxygens (including phenoxy) is 1. The minimum Gasteiger partial charge on any atom is -0.472 e. The molecule has 0 amide bonds. The molecule has 98 valence electrons. The molecule has 0 aliphatic heterocycles. The zero-order valence-corrected chi connectivity index (χ0v) is 10.9. The molecular formula is C13H13N3O3. The van der Waals surface area contributed by atoms with Crippen LogP contribution in [-0.4, -0.2) is 9.72 Å². The van der Waals surface area contributed by atoms with Gasteiger partial charge in [-0.3, -0.25) is 9.36 Å². The summed E-state index contributed by atoms with van der Waals surface area (Å²) in [4.78, 5) is 11.9. The van der Waals surface area contributed by atoms with Gasteiger partial charge in [0.05, 0.1) is 0 Å². The van der Waals surface area contributed by atoms with Crippen LogP contribution in [0.25, 0.3) is 0 Å². The zero-order chi connectivity index (χ0) is 14.0. The number of hydrogen-bond donors (Lipinski definition) is 0. The van der Waals surface area contributed by atoms with E-state index in [0.29, 0.717) is 22.9 Å². The molecule has 0 atom stereocenters. The Labute approximate surface area is 109 Å². The number of nitrogens with zero attached hydrogens (tertiary/aromatic N) is 3. The van der Waals surface area contributed by atoms with E-state index in [2.05, 4.69) is 5.16 Å². The maximum absolute atomic E-state index is 11.9. The average Bonchev–Trinajstić information content (AvgIpc) is 2.79. The first-order valence-corrected chi connectivity index (χ1v) is 5.68. The predicted molar refractivity (Wildman–Crippen MR) is 66.7 cm³/mol. The SMILES string of the molecule is Cc1cc(COc2cc(C)c(C#N)c(=O)n2C)no1. The summed E-state index contributed by atoms with van der Waals surface area (Å²) in [5.41, 5.74) is 1.00. The Balaban J connectivity index is 2.27. The second-order valence-corrected chi connectivity index (χ2v) is 4.23. The first kappa shape index (κ1) is 12.9. The molecule has 0 aromatic carbocycles. The van der Waals surface area contributed by atoms with Gasteiger partial charge in [-0.2, -0.15) is 5.26 Å². The molecule has 0 aliphatic carbocycles. The molecule has 2 rings (SSSR count). The summed E-state index contributed by atoms with van der Waals surface area (Å²) in [7, 11) is 1.56. The smallest absolute Gasteiger partial charge is 0.271 e. The van der Waals surface area contributed by atoms with Crippen LogP contribution in [0.2, 0.25) is 0 Å². The fourth-order valence-electron chi connectivity index (χ4n) is 1.70. The number of aromatic nitrogens is 2. The molecule has 6 nitrogen and oxygen atoms in total. The van der Waals surface area contributed by atoms with Crippen molar-refractivity contribution in [2.24, 2.45) is 7.05 Å². The Morgan fingerprint density at radius 1 is 1.47 bits per heavy atom. The summed E-state index contributed by atoms with van der Waals surface area (Å²) >= 11 is 0. The van der Waals surface area contributed by atoms with E-state index in [0.717, 1.165) is 0 Å². The van der Waals surface area contributed by atoms with E-state index in [-0.39, 0.29) is 17.7 Å². The van der Waals surface area contributed by atoms with Gasteiger partial charge in [0.25, 0.3) is 5.56 Å². The number of aryl methyl sites for hydroxylation is 2. The molecule has 0 unspecified atom stereocenters. The van der Waals surface area contributed by atoms with Crippen LogP contribution in [0.15, 0.2) is 21.5 Å². The lowest BCUT2D eigenvalue weighted by atomic mass is 10.2. The summed E-state index contributed by atoms with van der Waals surface area (Å²) in [5.74, 6) is 1.09. The Morgan fingerprint density at radius 2 is 2.21 bits per heavy atom. The van der Waals surface area contributed by atoms with E-state index in [9.17, 15) is 4.79 Å². The van der Waals surface area contributed by atoms with Gasteiger partial charge in [0.2, 0.25) is 0 Å². The quantitative estimate of drug-likeness (QED) is 0.833. The van der Waals surface area contributed by atoms with Crippen molar-refractivity contribution in [1.29, 1.82) is 5.26 Å². The molecule has 0 saturated carbocycles. The first-order chi connectivity index (χ1) is 9.02. The van der Waals surface area contributed by atoms with Crippen LogP contribution >= 0.6 is 0 Å². The lowest BCUT2D eigenvalue weighted by molar-refractivity contribution is 0.265. The second-order valence-electron chi connectivity index (χ2n) is 4.23. The van der Waals surface area contributed by atoms with Gasteiger partial charge in [-0.05, 0) is 19.4 Å². The third-order valence-corrected chi connectivity index (χ3v) is 2.74. The lowest BCUT2D eigenvalue weighted by Crippen LogP contribution is -2.22. The highest BCUT2D eigenvalue weighted by Gasteiger charge is 2.11. The van der Waals surface area contributed by atoms with Crippen molar-refractivity contribution in [3.63, 3.8) is 0 Å². The van der Waals surface area contributed by atoms with Crippen molar-refractivity contribution in [2.75, 3.05) is 0 Å². The van der Waals surface area contributed by atoms with Crippen LogP contribution < -0.4 is 10.3 Å². The molecule has 0 bridgehead atoms. The van der Waals surface area contributed by atoms with Crippen molar-refractivity contribution in [1.82, 2.24) is 9.72 Å². The van der Waals surface area contributed by atoms with E-state index in [1.165, 1.54) is 4.57 Å². The highest BCUT2D eigenvalue weighted by atomic mass is 16.5. The molecule has 0 saturated heterocycles. The van der Waals surface area contributed by atoms with Crippen LogP contribution in [0.3, 0.4) is 0 Å². The molecule has 2 heterocycles. The number of nitriles is 1. The predicted octanol–water partition coefficient (Wildman–Crippen LogP) is 1.44. The monoisotopic (exact) mass is 259 g/mol. The lowest BCUT2D eigenvalue weighted by Gasteiger charge is -2.10. The number of hydrogen-bond acceptors (Lipinski definition) is 5. The number of rotatable bonds is 3. The Bertz CT molecular complexity index is 707. The van der Waals surface area contributed by atoms with Crippen LogP contribution in [0.1, 0.15) is 22.6 Å². The highest BCUT2D eigenvalue weighted by Crippen LogP contribution is 2.14. The fourth-order valence-corrected chi connectivity index (χ4v) is 1.70. The molecule has 0 fully saturated rings. The second kappa shape index (κ2) is 4.98. The summed E-state index contributed by atoms with van der Waals surface area (Å²) < 4.78 is 11.8. The van der Waals surface area contributed by atoms with Gasteiger partial charge in [-0.25, -0.2) is 0 Å². The molecule has 0 radical (unpaired) electrons. The van der Waals surface area contributed by atoms with Crippen molar-refractivity contribution in [2.45, 2.75) is 20.5 Å². The van der Waals surface area contributed by atoms with Crippen molar-refractivity contribution < 1.29 is 9.26 Å². The standard InChI is InChI=1S/C13H13N3O3/c1-8-4-12(16(3)13(17)11(8)6-14)18-7-10-5-9(2)19-15-10/h4-5H,7H2,1-3H3. The summed E-state index contributed by atoms with van der Waals surface area (Å²) in [6, 6.07) is 5.31. The van der Waals surface area contributed by atoms with Gasteiger partial charge in [0, 0.05) is 19.2 Å². The maximum Gasteiger partial charge on any atom is 0.271 e. The number of pyridine rings is 1. The van der Waals surface area contributed by atoms with Gasteiger partial charge in [-0.1, -0.05) is 5.16 Å². The van der Waals surface area contributed by atoms with Crippen molar-refractivity contribution >= 4 is 0 Å². The Hall–Kier alpha value is -2.55. The van der Waals surface area contributed by atoms with Gasteiger partial charge in [0.15, 0.2) is 5.88 Å². The molecule has 0 spiro atoms. The van der Waals surface area contributed by atoms with Gasteiger partial charge in [-0.15, -0.1) is 0 Å². The fraction of sp³-hybridized carbons (Fsp3) is 0.308.